The molecule has 4 heterocycles. The van der Waals surface area contributed by atoms with Gasteiger partial charge in [-0.2, -0.15) is 0 Å². The Bertz CT molecular complexity index is 3610. The third kappa shape index (κ3) is 4.63. The summed E-state index contributed by atoms with van der Waals surface area (Å²) < 4.78 is 12.1. The van der Waals surface area contributed by atoms with Crippen LogP contribution in [0.3, 0.4) is 0 Å². The minimum Gasteiger partial charge on any atom is -0.455 e. The maximum Gasteiger partial charge on any atom is 0.144 e. The molecule has 0 spiro atoms. The predicted molar refractivity (Wildman–Crippen MR) is 246 cm³/mol. The molecule has 0 aliphatic carbocycles. The van der Waals surface area contributed by atoms with Crippen molar-refractivity contribution >= 4 is 87.2 Å². The number of benzene rings is 9. The van der Waals surface area contributed by atoms with E-state index >= 15 is 0 Å². The fourth-order valence-corrected chi connectivity index (χ4v) is 9.74. The van der Waals surface area contributed by atoms with Gasteiger partial charge in [-0.05, 0) is 60.2 Å². The van der Waals surface area contributed by atoms with Crippen LogP contribution in [-0.4, -0.2) is 14.1 Å². The fraction of sp³-hybridized carbons (Fsp3) is 0. The molecule has 4 nitrogen and oxygen atoms in total. The van der Waals surface area contributed by atoms with Crippen LogP contribution < -0.4 is 0 Å². The second kappa shape index (κ2) is 12.3. The SMILES string of the molecule is c1ccc(-c2nc3ccccc3c3c2ccc2c4cccc(-c5cc(-n6c7ccccc7c7ccccc76)cc(-n6c7ccccc7c7ccccc76)c5)c4oc23)cc1. The summed E-state index contributed by atoms with van der Waals surface area (Å²) in [4.78, 5) is 5.21. The molecule has 9 aromatic carbocycles. The van der Waals surface area contributed by atoms with E-state index in [4.69, 9.17) is 9.40 Å². The smallest absolute Gasteiger partial charge is 0.144 e. The minimum atomic E-state index is 0.865. The number of rotatable bonds is 4. The minimum absolute atomic E-state index is 0.865. The van der Waals surface area contributed by atoms with Gasteiger partial charge in [-0.25, -0.2) is 4.98 Å². The van der Waals surface area contributed by atoms with Crippen LogP contribution in [0, 0.1) is 0 Å². The van der Waals surface area contributed by atoms with Crippen LogP contribution in [0.1, 0.15) is 0 Å². The van der Waals surface area contributed by atoms with Crippen LogP contribution in [0.25, 0.3) is 121 Å². The Morgan fingerprint density at radius 2 is 0.814 bits per heavy atom. The number of fused-ring (bicyclic) bond motifs is 13. The maximum absolute atomic E-state index is 7.25. The van der Waals surface area contributed by atoms with E-state index in [1.165, 1.54) is 43.6 Å². The zero-order valence-electron chi connectivity index (χ0n) is 31.8. The first-order valence-corrected chi connectivity index (χ1v) is 20.1. The molecule has 13 rings (SSSR count). The summed E-state index contributed by atoms with van der Waals surface area (Å²) >= 11 is 0. The van der Waals surface area contributed by atoms with Crippen molar-refractivity contribution in [3.8, 4) is 33.8 Å². The highest BCUT2D eigenvalue weighted by Gasteiger charge is 2.21. The Kier molecular flexibility index (Phi) is 6.69. The van der Waals surface area contributed by atoms with Crippen molar-refractivity contribution in [2.75, 3.05) is 0 Å². The van der Waals surface area contributed by atoms with Gasteiger partial charge in [-0.15, -0.1) is 0 Å². The number of hydrogen-bond acceptors (Lipinski definition) is 2. The van der Waals surface area contributed by atoms with Crippen molar-refractivity contribution in [1.82, 2.24) is 14.1 Å². The molecule has 4 heteroatoms. The zero-order chi connectivity index (χ0) is 38.6. The number of nitrogens with zero attached hydrogens (tertiary/aromatic N) is 3. The molecule has 0 amide bonds. The molecule has 0 aliphatic heterocycles. The van der Waals surface area contributed by atoms with Gasteiger partial charge in [0.1, 0.15) is 11.2 Å². The van der Waals surface area contributed by atoms with E-state index in [1.54, 1.807) is 0 Å². The summed E-state index contributed by atoms with van der Waals surface area (Å²) in [5.74, 6) is 0. The third-order valence-corrected chi connectivity index (χ3v) is 12.3. The van der Waals surface area contributed by atoms with Crippen molar-refractivity contribution < 1.29 is 4.42 Å². The van der Waals surface area contributed by atoms with E-state index in [1.807, 2.05) is 0 Å². The number of furan rings is 1. The highest BCUT2D eigenvalue weighted by atomic mass is 16.3. The molecule has 0 radical (unpaired) electrons. The van der Waals surface area contributed by atoms with Crippen LogP contribution in [0.2, 0.25) is 0 Å². The van der Waals surface area contributed by atoms with Crippen LogP contribution >= 0.6 is 0 Å². The fourth-order valence-electron chi connectivity index (χ4n) is 9.74. The Morgan fingerprint density at radius 1 is 0.339 bits per heavy atom. The molecule has 0 atom stereocenters. The van der Waals surface area contributed by atoms with Gasteiger partial charge in [0.15, 0.2) is 0 Å². The molecule has 0 unspecified atom stereocenters. The van der Waals surface area contributed by atoms with Crippen molar-refractivity contribution in [1.29, 1.82) is 0 Å². The monoisotopic (exact) mass is 751 g/mol. The summed E-state index contributed by atoms with van der Waals surface area (Å²) in [6.45, 7) is 0. The molecular weight excluding hydrogens is 719 g/mol. The molecule has 0 aliphatic rings. The highest BCUT2D eigenvalue weighted by molar-refractivity contribution is 6.25. The van der Waals surface area contributed by atoms with Crippen molar-refractivity contribution in [2.24, 2.45) is 0 Å². The molecular formula is C55H33N3O. The second-order valence-electron chi connectivity index (χ2n) is 15.5. The molecule has 0 fully saturated rings. The number of pyridine rings is 1. The van der Waals surface area contributed by atoms with Crippen molar-refractivity contribution in [2.45, 2.75) is 0 Å². The van der Waals surface area contributed by atoms with E-state index < -0.39 is 0 Å². The predicted octanol–water partition coefficient (Wildman–Crippen LogP) is 14.8. The maximum atomic E-state index is 7.25. The van der Waals surface area contributed by atoms with Crippen LogP contribution in [0.4, 0.5) is 0 Å². The quantitative estimate of drug-likeness (QED) is 0.168. The summed E-state index contributed by atoms with van der Waals surface area (Å²) in [5, 5.41) is 10.3. The summed E-state index contributed by atoms with van der Waals surface area (Å²) in [6.07, 6.45) is 0. The van der Waals surface area contributed by atoms with Gasteiger partial charge in [0.05, 0.1) is 33.3 Å². The standard InChI is InChI=1S/C55H33N3O/c1-2-15-34(16-3-1)53-46-30-29-44-43-23-14-22-38(54(43)59-55(44)52(46)45-21-4-9-24-47(45)56-53)35-31-36(57-48-25-10-5-17-39(48)40-18-6-11-26-49(40)57)33-37(32-35)58-50-27-12-7-19-41(50)42-20-8-13-28-51(42)58/h1-33H. The van der Waals surface area contributed by atoms with Gasteiger partial charge in [0.25, 0.3) is 0 Å². The van der Waals surface area contributed by atoms with Crippen LogP contribution in [0.5, 0.6) is 0 Å². The van der Waals surface area contributed by atoms with E-state index in [0.717, 1.165) is 77.4 Å². The molecule has 0 bridgehead atoms. The Labute approximate surface area is 338 Å². The average molecular weight is 752 g/mol. The molecule has 4 aromatic heterocycles. The second-order valence-corrected chi connectivity index (χ2v) is 15.5. The lowest BCUT2D eigenvalue weighted by atomic mass is 9.97. The molecule has 0 saturated carbocycles. The Hall–Kier alpha value is -7.95. The van der Waals surface area contributed by atoms with E-state index in [9.17, 15) is 0 Å². The summed E-state index contributed by atoms with van der Waals surface area (Å²) in [7, 11) is 0. The van der Waals surface area contributed by atoms with Crippen molar-refractivity contribution in [3.05, 3.63) is 200 Å². The lowest BCUT2D eigenvalue weighted by molar-refractivity contribution is 0.674. The lowest BCUT2D eigenvalue weighted by Crippen LogP contribution is -2.00. The average Bonchev–Trinajstić information content (AvgIpc) is 3.97. The van der Waals surface area contributed by atoms with Gasteiger partial charge in [0, 0.05) is 71.0 Å². The van der Waals surface area contributed by atoms with Gasteiger partial charge >= 0.3 is 0 Å². The summed E-state index contributed by atoms with van der Waals surface area (Å²) in [6, 6.07) is 71.9. The molecule has 59 heavy (non-hydrogen) atoms. The number of aromatic nitrogens is 3. The zero-order valence-corrected chi connectivity index (χ0v) is 31.8. The molecule has 0 saturated heterocycles. The normalized spacial score (nSPS) is 12.1. The first kappa shape index (κ1) is 32.2. The van der Waals surface area contributed by atoms with Gasteiger partial charge in [0.2, 0.25) is 0 Å². The summed E-state index contributed by atoms with van der Waals surface area (Å²) in [5.41, 5.74) is 13.7. The Morgan fingerprint density at radius 3 is 1.41 bits per heavy atom. The largest absolute Gasteiger partial charge is 0.455 e. The number of para-hydroxylation sites is 6. The van der Waals surface area contributed by atoms with Gasteiger partial charge in [-0.3, -0.25) is 0 Å². The van der Waals surface area contributed by atoms with Crippen LogP contribution in [0.15, 0.2) is 205 Å². The van der Waals surface area contributed by atoms with Crippen LogP contribution in [-0.2, 0) is 0 Å². The lowest BCUT2D eigenvalue weighted by Gasteiger charge is -2.16. The first-order chi connectivity index (χ1) is 29.3. The van der Waals surface area contributed by atoms with Gasteiger partial charge < -0.3 is 13.6 Å². The topological polar surface area (TPSA) is 35.9 Å². The highest BCUT2D eigenvalue weighted by Crippen LogP contribution is 2.44. The molecule has 274 valence electrons. The number of hydrogen-bond donors (Lipinski definition) is 0. The third-order valence-electron chi connectivity index (χ3n) is 12.3. The first-order valence-electron chi connectivity index (χ1n) is 20.1. The van der Waals surface area contributed by atoms with E-state index in [-0.39, 0.29) is 0 Å². The molecule has 0 N–H and O–H groups in total. The van der Waals surface area contributed by atoms with E-state index in [0.29, 0.717) is 0 Å². The molecule has 13 aromatic rings. The Balaban J connectivity index is 1.14. The van der Waals surface area contributed by atoms with Gasteiger partial charge in [-0.1, -0.05) is 146 Å². The van der Waals surface area contributed by atoms with Crippen molar-refractivity contribution in [3.63, 3.8) is 0 Å². The van der Waals surface area contributed by atoms with E-state index in [2.05, 4.69) is 209 Å².